The van der Waals surface area contributed by atoms with Crippen LogP contribution >= 0.6 is 11.3 Å². The Hall–Kier alpha value is -0.450. The van der Waals surface area contributed by atoms with E-state index in [-0.39, 0.29) is 0 Å². The molecule has 1 heterocycles. The van der Waals surface area contributed by atoms with Crippen LogP contribution in [0.3, 0.4) is 0 Å². The van der Waals surface area contributed by atoms with E-state index in [1.165, 1.54) is 4.88 Å². The van der Waals surface area contributed by atoms with Crippen LogP contribution in [0.5, 0.6) is 0 Å². The maximum absolute atomic E-state index is 10.1. The third-order valence-electron chi connectivity index (χ3n) is 2.48. The molecule has 0 saturated carbocycles. The summed E-state index contributed by atoms with van der Waals surface area (Å²) in [5.41, 5.74) is 2.33. The zero-order chi connectivity index (χ0) is 12.2. The fourth-order valence-corrected chi connectivity index (χ4v) is 2.64. The summed E-state index contributed by atoms with van der Waals surface area (Å²) in [4.78, 5) is 5.45. The fourth-order valence-electron chi connectivity index (χ4n) is 1.89. The van der Waals surface area contributed by atoms with Gasteiger partial charge in [-0.1, -0.05) is 13.8 Å². The van der Waals surface area contributed by atoms with Gasteiger partial charge in [-0.2, -0.15) is 0 Å². The van der Waals surface area contributed by atoms with Gasteiger partial charge in [-0.05, 0) is 26.2 Å². The van der Waals surface area contributed by atoms with Crippen LogP contribution in [0.25, 0.3) is 0 Å². The lowest BCUT2D eigenvalue weighted by Crippen LogP contribution is -2.38. The van der Waals surface area contributed by atoms with Gasteiger partial charge in [0.2, 0.25) is 0 Å². The molecule has 0 bridgehead atoms. The van der Waals surface area contributed by atoms with Crippen LogP contribution in [0.2, 0.25) is 0 Å². The molecule has 4 heteroatoms. The van der Waals surface area contributed by atoms with Crippen molar-refractivity contribution in [1.29, 1.82) is 0 Å². The van der Waals surface area contributed by atoms with Crippen LogP contribution in [0, 0.1) is 12.8 Å². The molecule has 1 unspecified atom stereocenters. The monoisotopic (exact) mass is 242 g/mol. The Morgan fingerprint density at radius 2 is 2.25 bits per heavy atom. The van der Waals surface area contributed by atoms with Gasteiger partial charge in [0.25, 0.3) is 0 Å². The first kappa shape index (κ1) is 13.6. The number of rotatable bonds is 6. The van der Waals surface area contributed by atoms with E-state index in [2.05, 4.69) is 24.1 Å². The van der Waals surface area contributed by atoms with Crippen LogP contribution in [0.4, 0.5) is 0 Å². The second-order valence-corrected chi connectivity index (χ2v) is 6.00. The molecule has 1 aromatic heterocycles. The molecular formula is C12H22N2OS. The number of aliphatic hydroxyl groups is 1. The van der Waals surface area contributed by atoms with E-state index in [0.29, 0.717) is 12.5 Å². The van der Waals surface area contributed by atoms with Crippen LogP contribution in [0.15, 0.2) is 5.51 Å². The molecule has 0 aliphatic heterocycles. The van der Waals surface area contributed by atoms with Crippen molar-refractivity contribution in [3.63, 3.8) is 0 Å². The largest absolute Gasteiger partial charge is 0.389 e. The average Bonchev–Trinajstić information content (AvgIpc) is 2.49. The normalized spacial score (nSPS) is 15.4. The standard InChI is InChI=1S/C12H22N2OS/c1-9(2)5-12(4,15)7-13-6-11-10(3)14-8-16-11/h8-9,13,15H,5-7H2,1-4H3. The van der Waals surface area contributed by atoms with Gasteiger partial charge in [0.05, 0.1) is 16.8 Å². The molecule has 0 saturated heterocycles. The molecule has 2 N–H and O–H groups in total. The fraction of sp³-hybridized carbons (Fsp3) is 0.750. The van der Waals surface area contributed by atoms with E-state index in [4.69, 9.17) is 0 Å². The first-order valence-electron chi connectivity index (χ1n) is 5.73. The third kappa shape index (κ3) is 4.60. The number of hydrogen-bond donors (Lipinski definition) is 2. The van der Waals surface area contributed by atoms with E-state index in [0.717, 1.165) is 18.7 Å². The van der Waals surface area contributed by atoms with Crippen molar-refractivity contribution in [1.82, 2.24) is 10.3 Å². The molecule has 0 radical (unpaired) electrons. The van der Waals surface area contributed by atoms with E-state index in [9.17, 15) is 5.11 Å². The number of nitrogens with zero attached hydrogens (tertiary/aromatic N) is 1. The zero-order valence-electron chi connectivity index (χ0n) is 10.6. The predicted octanol–water partition coefficient (Wildman–Crippen LogP) is 2.34. The Morgan fingerprint density at radius 3 is 2.75 bits per heavy atom. The highest BCUT2D eigenvalue weighted by Gasteiger charge is 2.21. The topological polar surface area (TPSA) is 45.2 Å². The summed E-state index contributed by atoms with van der Waals surface area (Å²) in [5, 5.41) is 13.4. The lowest BCUT2D eigenvalue weighted by Gasteiger charge is -2.25. The number of aryl methyl sites for hydroxylation is 1. The minimum absolute atomic E-state index is 0.516. The highest BCUT2D eigenvalue weighted by molar-refractivity contribution is 7.09. The highest BCUT2D eigenvalue weighted by atomic mass is 32.1. The van der Waals surface area contributed by atoms with Crippen molar-refractivity contribution < 1.29 is 5.11 Å². The van der Waals surface area contributed by atoms with Crippen LogP contribution in [-0.4, -0.2) is 22.2 Å². The summed E-state index contributed by atoms with van der Waals surface area (Å²) in [5.74, 6) is 0.516. The predicted molar refractivity (Wildman–Crippen MR) is 68.6 cm³/mol. The summed E-state index contributed by atoms with van der Waals surface area (Å²) >= 11 is 1.66. The summed E-state index contributed by atoms with van der Waals surface area (Å²) in [6, 6.07) is 0. The summed E-state index contributed by atoms with van der Waals surface area (Å²) in [7, 11) is 0. The number of thiazole rings is 1. The lowest BCUT2D eigenvalue weighted by molar-refractivity contribution is 0.0384. The van der Waals surface area contributed by atoms with Crippen molar-refractivity contribution in [2.45, 2.75) is 46.3 Å². The minimum Gasteiger partial charge on any atom is -0.389 e. The van der Waals surface area contributed by atoms with Gasteiger partial charge in [0, 0.05) is 18.0 Å². The molecule has 0 amide bonds. The number of nitrogens with one attached hydrogen (secondary N) is 1. The van der Waals surface area contributed by atoms with Gasteiger partial charge >= 0.3 is 0 Å². The Kier molecular flexibility index (Phi) is 4.89. The lowest BCUT2D eigenvalue weighted by atomic mass is 9.94. The average molecular weight is 242 g/mol. The van der Waals surface area contributed by atoms with E-state index in [1.54, 1.807) is 11.3 Å². The zero-order valence-corrected chi connectivity index (χ0v) is 11.4. The van der Waals surface area contributed by atoms with Gasteiger partial charge in [-0.3, -0.25) is 0 Å². The first-order chi connectivity index (χ1) is 7.41. The highest BCUT2D eigenvalue weighted by Crippen LogP contribution is 2.16. The molecule has 1 atom stereocenters. The molecular weight excluding hydrogens is 220 g/mol. The van der Waals surface area contributed by atoms with Crippen molar-refractivity contribution in [3.8, 4) is 0 Å². The molecule has 92 valence electrons. The Labute approximate surface area is 102 Å². The van der Waals surface area contributed by atoms with Crippen molar-refractivity contribution in [2.75, 3.05) is 6.54 Å². The smallest absolute Gasteiger partial charge is 0.0798 e. The second kappa shape index (κ2) is 5.75. The maximum atomic E-state index is 10.1. The molecule has 0 aliphatic carbocycles. The van der Waals surface area contributed by atoms with Gasteiger partial charge in [-0.25, -0.2) is 4.98 Å². The van der Waals surface area contributed by atoms with Crippen LogP contribution in [0.1, 0.15) is 37.8 Å². The third-order valence-corrected chi connectivity index (χ3v) is 3.42. The van der Waals surface area contributed by atoms with Gasteiger partial charge < -0.3 is 10.4 Å². The first-order valence-corrected chi connectivity index (χ1v) is 6.61. The van der Waals surface area contributed by atoms with E-state index < -0.39 is 5.60 Å². The van der Waals surface area contributed by atoms with Gasteiger partial charge in [-0.15, -0.1) is 11.3 Å². The second-order valence-electron chi connectivity index (χ2n) is 5.06. The van der Waals surface area contributed by atoms with Gasteiger partial charge in [0.1, 0.15) is 0 Å². The molecule has 16 heavy (non-hydrogen) atoms. The number of aromatic nitrogens is 1. The molecule has 0 aromatic carbocycles. The molecule has 3 nitrogen and oxygen atoms in total. The molecule has 1 rings (SSSR count). The molecule has 1 aromatic rings. The molecule has 0 fully saturated rings. The van der Waals surface area contributed by atoms with E-state index in [1.807, 2.05) is 19.4 Å². The van der Waals surface area contributed by atoms with Crippen LogP contribution < -0.4 is 5.32 Å². The number of hydrogen-bond acceptors (Lipinski definition) is 4. The quantitative estimate of drug-likeness (QED) is 0.805. The van der Waals surface area contributed by atoms with Crippen LogP contribution in [-0.2, 0) is 6.54 Å². The Balaban J connectivity index is 2.32. The minimum atomic E-state index is -0.618. The van der Waals surface area contributed by atoms with Crippen molar-refractivity contribution in [2.24, 2.45) is 5.92 Å². The summed E-state index contributed by atoms with van der Waals surface area (Å²) in [6.45, 7) is 9.58. The summed E-state index contributed by atoms with van der Waals surface area (Å²) in [6.07, 6.45) is 0.821. The summed E-state index contributed by atoms with van der Waals surface area (Å²) < 4.78 is 0. The molecule has 0 spiro atoms. The van der Waals surface area contributed by atoms with Crippen molar-refractivity contribution in [3.05, 3.63) is 16.1 Å². The maximum Gasteiger partial charge on any atom is 0.0798 e. The van der Waals surface area contributed by atoms with Crippen molar-refractivity contribution >= 4 is 11.3 Å². The Bertz CT molecular complexity index is 321. The SMILES string of the molecule is Cc1ncsc1CNCC(C)(O)CC(C)C. The molecule has 0 aliphatic rings. The van der Waals surface area contributed by atoms with E-state index >= 15 is 0 Å². The van der Waals surface area contributed by atoms with Gasteiger partial charge in [0.15, 0.2) is 0 Å². The Morgan fingerprint density at radius 1 is 1.56 bits per heavy atom.